The van der Waals surface area contributed by atoms with Crippen LogP contribution in [0.2, 0.25) is 0 Å². The minimum absolute atomic E-state index is 0.00134. The van der Waals surface area contributed by atoms with Crippen LogP contribution in [-0.2, 0) is 0 Å². The quantitative estimate of drug-likeness (QED) is 0.480. The van der Waals surface area contributed by atoms with Gasteiger partial charge >= 0.3 is 0 Å². The Morgan fingerprint density at radius 3 is 2.50 bits per heavy atom. The summed E-state index contributed by atoms with van der Waals surface area (Å²) < 4.78 is 1.95. The third-order valence-corrected chi connectivity index (χ3v) is 4.32. The predicted octanol–water partition coefficient (Wildman–Crippen LogP) is 2.89. The average molecular weight is 256 g/mol. The Labute approximate surface area is 108 Å². The second-order valence-corrected chi connectivity index (χ2v) is 5.45. The maximum absolute atomic E-state index is 12.4. The summed E-state index contributed by atoms with van der Waals surface area (Å²) in [7, 11) is 0. The van der Waals surface area contributed by atoms with Crippen LogP contribution in [0.15, 0.2) is 35.1 Å². The van der Waals surface area contributed by atoms with Crippen molar-refractivity contribution >= 4 is 42.9 Å². The maximum Gasteiger partial charge on any atom is 0.196 e. The van der Waals surface area contributed by atoms with E-state index in [1.54, 1.807) is 23.5 Å². The zero-order valence-corrected chi connectivity index (χ0v) is 10.7. The van der Waals surface area contributed by atoms with E-state index in [-0.39, 0.29) is 5.43 Å². The van der Waals surface area contributed by atoms with Gasteiger partial charge in [0.25, 0.3) is 0 Å². The Hall–Kier alpha value is -2.07. The molecule has 18 heavy (non-hydrogen) atoms. The van der Waals surface area contributed by atoms with E-state index in [1.165, 1.54) is 0 Å². The first kappa shape index (κ1) is 11.0. The van der Waals surface area contributed by atoms with Crippen molar-refractivity contribution in [3.63, 3.8) is 0 Å². The normalized spacial score (nSPS) is 11.2. The molecule has 0 saturated carbocycles. The molecule has 1 heterocycles. The van der Waals surface area contributed by atoms with Crippen LogP contribution in [-0.4, -0.2) is 0 Å². The molecule has 0 amide bonds. The molecule has 0 aliphatic heterocycles. The van der Waals surface area contributed by atoms with Crippen molar-refractivity contribution in [3.05, 3.63) is 46.1 Å². The van der Waals surface area contributed by atoms with Gasteiger partial charge in [-0.25, -0.2) is 0 Å². The van der Waals surface area contributed by atoms with E-state index in [2.05, 4.69) is 0 Å². The van der Waals surface area contributed by atoms with Gasteiger partial charge in [-0.3, -0.25) is 4.79 Å². The summed E-state index contributed by atoms with van der Waals surface area (Å²) in [5.41, 5.74) is 13.8. The fourth-order valence-electron chi connectivity index (χ4n) is 2.18. The lowest BCUT2D eigenvalue weighted by Crippen LogP contribution is -2.03. The van der Waals surface area contributed by atoms with Crippen molar-refractivity contribution in [2.75, 3.05) is 11.5 Å². The molecule has 3 nitrogen and oxygen atoms in total. The molecule has 1 aromatic heterocycles. The largest absolute Gasteiger partial charge is 0.399 e. The molecule has 0 radical (unpaired) electrons. The van der Waals surface area contributed by atoms with E-state index < -0.39 is 0 Å². The van der Waals surface area contributed by atoms with Crippen LogP contribution < -0.4 is 16.9 Å². The second kappa shape index (κ2) is 3.71. The number of rotatable bonds is 0. The van der Waals surface area contributed by atoms with Crippen LogP contribution in [0.1, 0.15) is 5.56 Å². The van der Waals surface area contributed by atoms with Crippen molar-refractivity contribution in [1.82, 2.24) is 0 Å². The molecule has 0 fully saturated rings. The van der Waals surface area contributed by atoms with Gasteiger partial charge in [0.2, 0.25) is 0 Å². The number of anilines is 2. The minimum atomic E-state index is 0.00134. The van der Waals surface area contributed by atoms with Crippen LogP contribution in [0.5, 0.6) is 0 Å². The number of aryl methyl sites for hydroxylation is 1. The van der Waals surface area contributed by atoms with Crippen LogP contribution in [0.3, 0.4) is 0 Å². The highest BCUT2D eigenvalue weighted by molar-refractivity contribution is 7.24. The standard InChI is InChI=1S/C14H12N2OS/c1-7-4-9(16)6-11-13(17)10-5-8(15)2-3-12(10)18-14(7)11/h2-6H,15-16H2,1H3. The Bertz CT molecular complexity index is 836. The number of nitrogens with two attached hydrogens (primary N) is 2. The van der Waals surface area contributed by atoms with E-state index in [9.17, 15) is 4.79 Å². The highest BCUT2D eigenvalue weighted by Gasteiger charge is 2.08. The summed E-state index contributed by atoms with van der Waals surface area (Å²) in [5.74, 6) is 0. The predicted molar refractivity (Wildman–Crippen MR) is 79.2 cm³/mol. The molecule has 2 aromatic carbocycles. The first-order valence-electron chi connectivity index (χ1n) is 5.58. The van der Waals surface area contributed by atoms with Gasteiger partial charge in [-0.15, -0.1) is 11.3 Å². The molecule has 0 aliphatic carbocycles. The lowest BCUT2D eigenvalue weighted by molar-refractivity contribution is 1.55. The molecule has 3 rings (SSSR count). The first-order valence-corrected chi connectivity index (χ1v) is 6.40. The highest BCUT2D eigenvalue weighted by Crippen LogP contribution is 2.29. The fourth-order valence-corrected chi connectivity index (χ4v) is 3.27. The van der Waals surface area contributed by atoms with Crippen molar-refractivity contribution in [3.8, 4) is 0 Å². The molecule has 0 atom stereocenters. The smallest absolute Gasteiger partial charge is 0.196 e. The molecule has 0 bridgehead atoms. The van der Waals surface area contributed by atoms with Gasteiger partial charge in [0, 0.05) is 31.5 Å². The molecule has 0 saturated heterocycles. The summed E-state index contributed by atoms with van der Waals surface area (Å²) in [6, 6.07) is 9.07. The molecule has 0 spiro atoms. The number of nitrogen functional groups attached to an aromatic ring is 2. The first-order chi connectivity index (χ1) is 8.56. The summed E-state index contributed by atoms with van der Waals surface area (Å²) in [6.07, 6.45) is 0. The fraction of sp³-hybridized carbons (Fsp3) is 0.0714. The van der Waals surface area contributed by atoms with Gasteiger partial charge in [-0.1, -0.05) is 0 Å². The summed E-state index contributed by atoms with van der Waals surface area (Å²) in [6.45, 7) is 1.97. The summed E-state index contributed by atoms with van der Waals surface area (Å²) >= 11 is 1.60. The minimum Gasteiger partial charge on any atom is -0.399 e. The van der Waals surface area contributed by atoms with Crippen LogP contribution in [0.4, 0.5) is 11.4 Å². The highest BCUT2D eigenvalue weighted by atomic mass is 32.1. The zero-order chi connectivity index (χ0) is 12.9. The summed E-state index contributed by atoms with van der Waals surface area (Å²) in [4.78, 5) is 12.4. The van der Waals surface area contributed by atoms with Gasteiger partial charge in [0.05, 0.1) is 0 Å². The van der Waals surface area contributed by atoms with Gasteiger partial charge < -0.3 is 11.5 Å². The Morgan fingerprint density at radius 2 is 1.72 bits per heavy atom. The maximum atomic E-state index is 12.4. The lowest BCUT2D eigenvalue weighted by atomic mass is 10.1. The van der Waals surface area contributed by atoms with Crippen molar-refractivity contribution in [1.29, 1.82) is 0 Å². The van der Waals surface area contributed by atoms with Crippen LogP contribution >= 0.6 is 11.3 Å². The third-order valence-electron chi connectivity index (χ3n) is 3.00. The Morgan fingerprint density at radius 1 is 1.00 bits per heavy atom. The second-order valence-electron chi connectivity index (χ2n) is 4.40. The van der Waals surface area contributed by atoms with Crippen molar-refractivity contribution < 1.29 is 0 Å². The summed E-state index contributed by atoms with van der Waals surface area (Å²) in [5, 5.41) is 1.34. The lowest BCUT2D eigenvalue weighted by Gasteiger charge is -2.05. The molecule has 3 aromatic rings. The number of hydrogen-bond acceptors (Lipinski definition) is 4. The van der Waals surface area contributed by atoms with Crippen LogP contribution in [0.25, 0.3) is 20.2 Å². The van der Waals surface area contributed by atoms with Crippen molar-refractivity contribution in [2.24, 2.45) is 0 Å². The average Bonchev–Trinajstić information content (AvgIpc) is 2.32. The third kappa shape index (κ3) is 1.54. The van der Waals surface area contributed by atoms with Gasteiger partial charge in [-0.2, -0.15) is 0 Å². The molecular weight excluding hydrogens is 244 g/mol. The Balaban J connectivity index is 2.61. The molecule has 4 heteroatoms. The van der Waals surface area contributed by atoms with Gasteiger partial charge in [0.15, 0.2) is 5.43 Å². The SMILES string of the molecule is Cc1cc(N)cc2c(=O)c3cc(N)ccc3sc12. The zero-order valence-electron chi connectivity index (χ0n) is 9.86. The number of hydrogen-bond donors (Lipinski definition) is 2. The topological polar surface area (TPSA) is 69.1 Å². The van der Waals surface area contributed by atoms with Gasteiger partial charge in [-0.05, 0) is 42.8 Å². The Kier molecular flexibility index (Phi) is 2.28. The van der Waals surface area contributed by atoms with E-state index in [0.29, 0.717) is 22.1 Å². The van der Waals surface area contributed by atoms with E-state index in [4.69, 9.17) is 11.5 Å². The molecule has 0 aliphatic rings. The van der Waals surface area contributed by atoms with Gasteiger partial charge in [0.1, 0.15) is 0 Å². The molecular formula is C14H12N2OS. The van der Waals surface area contributed by atoms with Crippen LogP contribution in [0, 0.1) is 6.92 Å². The van der Waals surface area contributed by atoms with E-state index >= 15 is 0 Å². The number of benzene rings is 2. The van der Waals surface area contributed by atoms with E-state index in [0.717, 1.165) is 15.0 Å². The molecule has 4 N–H and O–H groups in total. The molecule has 90 valence electrons. The molecule has 0 unspecified atom stereocenters. The van der Waals surface area contributed by atoms with Crippen molar-refractivity contribution in [2.45, 2.75) is 6.92 Å². The van der Waals surface area contributed by atoms with E-state index in [1.807, 2.05) is 25.1 Å². The number of fused-ring (bicyclic) bond motifs is 2. The monoisotopic (exact) mass is 256 g/mol.